The Morgan fingerprint density at radius 1 is 1.09 bits per heavy atom. The van der Waals surface area contributed by atoms with Crippen LogP contribution >= 0.6 is 15.9 Å². The van der Waals surface area contributed by atoms with E-state index in [1.165, 1.54) is 24.4 Å². The summed E-state index contributed by atoms with van der Waals surface area (Å²) in [4.78, 5) is 24.0. The highest BCUT2D eigenvalue weighted by atomic mass is 79.9. The lowest BCUT2D eigenvalue weighted by Gasteiger charge is -2.11. The molecule has 0 aliphatic heterocycles. The first kappa shape index (κ1) is 23.1. The maximum atomic E-state index is 13.2. The molecule has 1 amide bonds. The highest BCUT2D eigenvalue weighted by Gasteiger charge is 2.10. The van der Waals surface area contributed by atoms with E-state index in [1.807, 2.05) is 26.0 Å². The van der Waals surface area contributed by atoms with Crippen molar-refractivity contribution >= 4 is 34.0 Å². The van der Waals surface area contributed by atoms with Gasteiger partial charge in [0, 0.05) is 0 Å². The van der Waals surface area contributed by atoms with Crippen molar-refractivity contribution < 1.29 is 23.5 Å². The molecule has 0 spiro atoms. The van der Waals surface area contributed by atoms with Crippen molar-refractivity contribution in [3.63, 3.8) is 0 Å². The van der Waals surface area contributed by atoms with E-state index < -0.39 is 17.7 Å². The van der Waals surface area contributed by atoms with Gasteiger partial charge in [-0.05, 0) is 95.0 Å². The van der Waals surface area contributed by atoms with Crippen molar-refractivity contribution in [2.45, 2.75) is 13.8 Å². The van der Waals surface area contributed by atoms with Gasteiger partial charge in [-0.15, -0.1) is 0 Å². The van der Waals surface area contributed by atoms with E-state index >= 15 is 0 Å². The Kier molecular flexibility index (Phi) is 7.72. The lowest BCUT2D eigenvalue weighted by atomic mass is 10.1. The lowest BCUT2D eigenvalue weighted by molar-refractivity contribution is -0.123. The van der Waals surface area contributed by atoms with Crippen molar-refractivity contribution in [2.24, 2.45) is 5.10 Å². The quantitative estimate of drug-likeness (QED) is 0.216. The fourth-order valence-corrected chi connectivity index (χ4v) is 3.63. The van der Waals surface area contributed by atoms with E-state index in [0.717, 1.165) is 21.7 Å². The molecule has 32 heavy (non-hydrogen) atoms. The number of halogens is 2. The van der Waals surface area contributed by atoms with E-state index in [0.29, 0.717) is 17.1 Å². The van der Waals surface area contributed by atoms with Crippen LogP contribution in [-0.2, 0) is 4.79 Å². The number of amides is 1. The van der Waals surface area contributed by atoms with Gasteiger partial charge in [0.05, 0.1) is 16.3 Å². The average Bonchev–Trinajstić information content (AvgIpc) is 2.74. The number of carbonyl (C=O) groups is 2. The van der Waals surface area contributed by atoms with Gasteiger partial charge >= 0.3 is 5.97 Å². The molecule has 0 saturated heterocycles. The number of hydrogen-bond donors (Lipinski definition) is 1. The summed E-state index contributed by atoms with van der Waals surface area (Å²) >= 11 is 3.43. The molecule has 3 aromatic carbocycles. The average molecular weight is 499 g/mol. The number of nitrogens with zero attached hydrogens (tertiary/aromatic N) is 1. The van der Waals surface area contributed by atoms with Gasteiger partial charge in [0.2, 0.25) is 0 Å². The number of benzene rings is 3. The smallest absolute Gasteiger partial charge is 0.343 e. The molecule has 6 nitrogen and oxygen atoms in total. The minimum atomic E-state index is -0.659. The van der Waals surface area contributed by atoms with Gasteiger partial charge in [0.1, 0.15) is 17.3 Å². The van der Waals surface area contributed by atoms with Crippen LogP contribution in [-0.4, -0.2) is 24.7 Å². The summed E-state index contributed by atoms with van der Waals surface area (Å²) in [7, 11) is 0. The molecule has 0 atom stereocenters. The third-order valence-corrected chi connectivity index (χ3v) is 4.86. The molecule has 0 aromatic heterocycles. The van der Waals surface area contributed by atoms with Crippen LogP contribution in [0.3, 0.4) is 0 Å². The predicted octanol–water partition coefficient (Wildman–Crippen LogP) is 4.95. The van der Waals surface area contributed by atoms with Crippen molar-refractivity contribution in [3.8, 4) is 11.5 Å². The molecule has 0 saturated carbocycles. The van der Waals surface area contributed by atoms with Crippen LogP contribution < -0.4 is 14.9 Å². The number of rotatable bonds is 7. The second kappa shape index (κ2) is 10.7. The summed E-state index contributed by atoms with van der Waals surface area (Å²) in [5.74, 6) is -0.673. The zero-order chi connectivity index (χ0) is 23.1. The molecule has 0 aliphatic rings. The van der Waals surface area contributed by atoms with Crippen molar-refractivity contribution in [1.82, 2.24) is 5.43 Å². The van der Waals surface area contributed by atoms with Crippen LogP contribution in [0.4, 0.5) is 4.39 Å². The topological polar surface area (TPSA) is 77.0 Å². The third-order valence-electron chi connectivity index (χ3n) is 4.28. The first-order valence-corrected chi connectivity index (χ1v) is 10.4. The minimum absolute atomic E-state index is 0.119. The molecule has 1 N–H and O–H groups in total. The molecule has 164 valence electrons. The predicted molar refractivity (Wildman–Crippen MR) is 123 cm³/mol. The first-order chi connectivity index (χ1) is 15.3. The number of ether oxygens (including phenoxy) is 2. The second-order valence-corrected chi connectivity index (χ2v) is 7.80. The maximum absolute atomic E-state index is 13.2. The monoisotopic (exact) mass is 498 g/mol. The van der Waals surface area contributed by atoms with Gasteiger partial charge in [-0.3, -0.25) is 4.79 Å². The normalized spacial score (nSPS) is 10.8. The molecule has 0 fully saturated rings. The van der Waals surface area contributed by atoms with Crippen molar-refractivity contribution in [3.05, 3.63) is 93.2 Å². The number of aryl methyl sites for hydroxylation is 2. The number of esters is 1. The van der Waals surface area contributed by atoms with Crippen LogP contribution in [0.1, 0.15) is 27.0 Å². The lowest BCUT2D eigenvalue weighted by Crippen LogP contribution is -2.24. The van der Waals surface area contributed by atoms with Crippen LogP contribution in [0, 0.1) is 19.7 Å². The standard InChI is InChI=1S/C24H20BrFN2O4/c1-15-10-16(2)23(21(25)11-15)31-14-22(29)28-27-13-17-6-8-20(9-7-17)32-24(30)18-4-3-5-19(26)12-18/h3-13H,14H2,1-2H3,(H,28,29). The number of hydrazone groups is 1. The summed E-state index contributed by atoms with van der Waals surface area (Å²) in [5, 5.41) is 3.89. The molecule has 0 radical (unpaired) electrons. The summed E-state index contributed by atoms with van der Waals surface area (Å²) in [5.41, 5.74) is 5.20. The first-order valence-electron chi connectivity index (χ1n) is 9.61. The van der Waals surface area contributed by atoms with Gasteiger partial charge in [0.25, 0.3) is 5.91 Å². The van der Waals surface area contributed by atoms with E-state index in [2.05, 4.69) is 26.5 Å². The molecular formula is C24H20BrFN2O4. The van der Waals surface area contributed by atoms with Gasteiger partial charge in [-0.25, -0.2) is 14.6 Å². The van der Waals surface area contributed by atoms with Crippen molar-refractivity contribution in [2.75, 3.05) is 6.61 Å². The fourth-order valence-electron chi connectivity index (χ4n) is 2.84. The summed E-state index contributed by atoms with van der Waals surface area (Å²) in [6, 6.07) is 15.6. The molecular weight excluding hydrogens is 479 g/mol. The molecule has 8 heteroatoms. The van der Waals surface area contributed by atoms with Crippen molar-refractivity contribution in [1.29, 1.82) is 0 Å². The Hall–Kier alpha value is -3.52. The van der Waals surface area contributed by atoms with Crippen LogP contribution in [0.25, 0.3) is 0 Å². The second-order valence-electron chi connectivity index (χ2n) is 6.94. The van der Waals surface area contributed by atoms with Gasteiger partial charge in [-0.2, -0.15) is 5.10 Å². The Morgan fingerprint density at radius 2 is 1.84 bits per heavy atom. The number of hydrogen-bond acceptors (Lipinski definition) is 5. The highest BCUT2D eigenvalue weighted by Crippen LogP contribution is 2.30. The summed E-state index contributed by atoms with van der Waals surface area (Å²) < 4.78 is 24.8. The SMILES string of the molecule is Cc1cc(C)c(OCC(=O)NN=Cc2ccc(OC(=O)c3cccc(F)c3)cc2)c(Br)c1. The molecule has 0 bridgehead atoms. The van der Waals surface area contributed by atoms with Gasteiger partial charge in [-0.1, -0.05) is 12.1 Å². The van der Waals surface area contributed by atoms with E-state index in [4.69, 9.17) is 9.47 Å². The summed E-state index contributed by atoms with van der Waals surface area (Å²) in [6.45, 7) is 3.70. The third kappa shape index (κ3) is 6.49. The molecule has 3 rings (SSSR count). The van der Waals surface area contributed by atoms with Crippen LogP contribution in [0.2, 0.25) is 0 Å². The highest BCUT2D eigenvalue weighted by molar-refractivity contribution is 9.10. The molecule has 0 aliphatic carbocycles. The Labute approximate surface area is 193 Å². The Balaban J connectivity index is 1.49. The largest absolute Gasteiger partial charge is 0.482 e. The Bertz CT molecular complexity index is 1140. The van der Waals surface area contributed by atoms with E-state index in [-0.39, 0.29) is 12.2 Å². The van der Waals surface area contributed by atoms with Gasteiger partial charge in [0.15, 0.2) is 6.61 Å². The van der Waals surface area contributed by atoms with Gasteiger partial charge < -0.3 is 9.47 Å². The zero-order valence-electron chi connectivity index (χ0n) is 17.4. The van der Waals surface area contributed by atoms with E-state index in [1.54, 1.807) is 24.3 Å². The molecule has 0 heterocycles. The summed E-state index contributed by atoms with van der Waals surface area (Å²) in [6.07, 6.45) is 1.45. The minimum Gasteiger partial charge on any atom is -0.482 e. The van der Waals surface area contributed by atoms with Crippen LogP contribution in [0.5, 0.6) is 11.5 Å². The van der Waals surface area contributed by atoms with Crippen LogP contribution in [0.15, 0.2) is 70.2 Å². The Morgan fingerprint density at radius 3 is 2.53 bits per heavy atom. The maximum Gasteiger partial charge on any atom is 0.343 e. The number of carbonyl (C=O) groups excluding carboxylic acids is 2. The molecule has 0 unspecified atom stereocenters. The zero-order valence-corrected chi connectivity index (χ0v) is 19.0. The fraction of sp³-hybridized carbons (Fsp3) is 0.125. The number of nitrogens with one attached hydrogen (secondary N) is 1. The van der Waals surface area contributed by atoms with E-state index in [9.17, 15) is 14.0 Å². The molecule has 3 aromatic rings.